The van der Waals surface area contributed by atoms with Crippen LogP contribution in [0.2, 0.25) is 0 Å². The maximum atomic E-state index is 12.3. The number of carbonyl (C=O) groups is 2. The molecule has 29 nitrogen and oxygen atoms in total. The first kappa shape index (κ1) is 50.7. The molecule has 0 aromatic rings. The van der Waals surface area contributed by atoms with Crippen LogP contribution in [0.3, 0.4) is 0 Å². The Morgan fingerprint density at radius 2 is 0.867 bits per heavy atom. The summed E-state index contributed by atoms with van der Waals surface area (Å²) in [7, 11) is -15.3. The molecule has 0 aliphatic carbocycles. The molecule has 20 atom stereocenters. The smallest absolute Gasteiger partial charge is 0.267 e. The van der Waals surface area contributed by atoms with E-state index in [1.54, 1.807) is 0 Å². The first-order valence-corrected chi connectivity index (χ1v) is 22.4. The summed E-state index contributed by atoms with van der Waals surface area (Å²) in [5.74, 6) is -6.31. The molecule has 4 rings (SSSR count). The van der Waals surface area contributed by atoms with Crippen molar-refractivity contribution in [2.24, 2.45) is 0 Å². The van der Waals surface area contributed by atoms with Crippen LogP contribution in [0.5, 0.6) is 0 Å². The minimum atomic E-state index is -5.18. The molecule has 4 aliphatic rings. The highest BCUT2D eigenvalue weighted by atomic mass is 32.2. The van der Waals surface area contributed by atoms with Gasteiger partial charge < -0.3 is 89.8 Å². The molecule has 4 saturated heterocycles. The van der Waals surface area contributed by atoms with Crippen molar-refractivity contribution in [1.29, 1.82) is 0 Å². The fourth-order valence-electron chi connectivity index (χ4n) is 6.93. The molecule has 350 valence electrons. The fourth-order valence-corrected chi connectivity index (χ4v) is 8.99. The molecule has 0 unspecified atom stereocenters. The van der Waals surface area contributed by atoms with E-state index in [9.17, 15) is 94.5 Å². The van der Waals surface area contributed by atoms with Crippen molar-refractivity contribution in [3.8, 4) is 0 Å². The van der Waals surface area contributed by atoms with E-state index in [0.29, 0.717) is 0 Å². The van der Waals surface area contributed by atoms with Crippen LogP contribution in [0, 0.1) is 0 Å². The Kier molecular flexibility index (Phi) is 16.7. The van der Waals surface area contributed by atoms with Gasteiger partial charge in [-0.05, 0) is 0 Å². The summed E-state index contributed by atoms with van der Waals surface area (Å²) in [6.45, 7) is 0.881. The van der Waals surface area contributed by atoms with Gasteiger partial charge in [0.15, 0.2) is 25.2 Å². The van der Waals surface area contributed by atoms with Gasteiger partial charge in [0.05, 0.1) is 6.61 Å². The normalized spacial score (nSPS) is 43.2. The van der Waals surface area contributed by atoms with Gasteiger partial charge in [-0.15, -0.1) is 0 Å². The molecule has 0 aromatic carbocycles. The van der Waals surface area contributed by atoms with Crippen LogP contribution >= 0.6 is 0 Å². The van der Waals surface area contributed by atoms with Crippen molar-refractivity contribution in [2.45, 2.75) is 137 Å². The average molecular weight is 941 g/mol. The molecule has 0 spiro atoms. The molecular formula is C28H48N2O27S3. The summed E-state index contributed by atoms with van der Waals surface area (Å²) in [6.07, 6.45) is -39.0. The quantitative estimate of drug-likeness (QED) is 0.0678. The molecule has 14 N–H and O–H groups in total. The minimum Gasteiger partial charge on any atom is -0.394 e. The third-order valence-electron chi connectivity index (χ3n) is 9.59. The van der Waals surface area contributed by atoms with E-state index in [2.05, 4.69) is 10.6 Å². The summed E-state index contributed by atoms with van der Waals surface area (Å²) in [4.78, 5) is 24.3. The largest absolute Gasteiger partial charge is 0.394 e. The van der Waals surface area contributed by atoms with E-state index < -0.39 is 189 Å². The average Bonchev–Trinajstić information content (AvgIpc) is 3.09. The van der Waals surface area contributed by atoms with Gasteiger partial charge in [0.2, 0.25) is 11.8 Å². The SMILES string of the molecule is CC(=O)N[C@H]1[C@H](O[C@@H]2[C@@H](O)[C@H](O)O[C@H](CO)[C@@H]2O)O[C@H](CS(=O)(=O)O)[C@@H](O[C@@H]2O[C@H](CS(=O)(=O)O)[C@H](O)[C@H](O[C@@H]3O[C@H](CS(=O)(=O)O)[C@@H](O)[C@H](O)[C@H]3NC(C)=O)[C@H]2O)[C@@H]1O. The maximum absolute atomic E-state index is 12.3. The van der Waals surface area contributed by atoms with E-state index in [4.69, 9.17) is 33.2 Å². The molecular weight excluding hydrogens is 892 g/mol. The molecule has 0 aromatic heterocycles. The summed E-state index contributed by atoms with van der Waals surface area (Å²) < 4.78 is 139. The molecule has 2 amide bonds. The third kappa shape index (κ3) is 12.8. The Labute approximate surface area is 340 Å². The van der Waals surface area contributed by atoms with Crippen LogP contribution in [0.25, 0.3) is 0 Å². The number of aliphatic hydroxyl groups is 9. The van der Waals surface area contributed by atoms with E-state index in [-0.39, 0.29) is 0 Å². The number of ether oxygens (including phenoxy) is 7. The number of amides is 2. The van der Waals surface area contributed by atoms with Crippen LogP contribution in [-0.4, -0.2) is 243 Å². The van der Waals surface area contributed by atoms with Crippen LogP contribution in [0.1, 0.15) is 13.8 Å². The highest BCUT2D eigenvalue weighted by Gasteiger charge is 2.57. The van der Waals surface area contributed by atoms with Crippen molar-refractivity contribution in [2.75, 3.05) is 23.9 Å². The van der Waals surface area contributed by atoms with Gasteiger partial charge >= 0.3 is 0 Å². The predicted molar refractivity (Wildman–Crippen MR) is 185 cm³/mol. The van der Waals surface area contributed by atoms with Crippen molar-refractivity contribution < 1.29 is 128 Å². The van der Waals surface area contributed by atoms with Gasteiger partial charge in [-0.2, -0.15) is 25.3 Å². The number of rotatable bonds is 15. The van der Waals surface area contributed by atoms with Crippen LogP contribution < -0.4 is 10.6 Å². The number of carbonyl (C=O) groups excluding carboxylic acids is 2. The summed E-state index contributed by atoms with van der Waals surface area (Å²) in [5.41, 5.74) is 0. The first-order chi connectivity index (χ1) is 27.5. The minimum absolute atomic E-state index is 0.906. The van der Waals surface area contributed by atoms with E-state index in [1.165, 1.54) is 0 Å². The lowest BCUT2D eigenvalue weighted by Gasteiger charge is -2.50. The number of hydrogen-bond donors (Lipinski definition) is 14. The predicted octanol–water partition coefficient (Wildman–Crippen LogP) is -9.77. The Hall–Kier alpha value is -1.97. The zero-order valence-electron chi connectivity index (χ0n) is 31.1. The van der Waals surface area contributed by atoms with Crippen LogP contribution in [0.15, 0.2) is 0 Å². The molecule has 0 bridgehead atoms. The lowest BCUT2D eigenvalue weighted by atomic mass is 9.94. The van der Waals surface area contributed by atoms with Crippen molar-refractivity contribution in [3.05, 3.63) is 0 Å². The third-order valence-corrected chi connectivity index (χ3v) is 11.8. The van der Waals surface area contributed by atoms with Gasteiger partial charge in [0.25, 0.3) is 30.4 Å². The van der Waals surface area contributed by atoms with E-state index >= 15 is 0 Å². The Balaban J connectivity index is 1.73. The van der Waals surface area contributed by atoms with E-state index in [1.807, 2.05) is 0 Å². The molecule has 32 heteroatoms. The molecule has 60 heavy (non-hydrogen) atoms. The standard InChI is InChI=1S/C28H48N2O27S3/c1-7(32)29-13-18(37)15(34)10(4-58(42,43)44)52-26(13)57-24-17(36)11(5-59(45,46)47)53-28(21(24)40)55-22-12(6-60(48,49)50)54-27(14(19(22)38)30-8(2)33)56-23-16(35)9(3-31)51-25(41)20(23)39/h9-28,31,34-41H,3-6H2,1-2H3,(H,29,32)(H,30,33)(H,42,43,44)(H,45,46,47)(H,48,49,50)/t9-,10-,11-,12-,13-,14-,15-,16+,17+,18-,19-,20-,21-,22-,23+,24+,25-,26+,27+,28+/m1/s1. The molecule has 0 saturated carbocycles. The molecule has 4 aliphatic heterocycles. The lowest BCUT2D eigenvalue weighted by molar-refractivity contribution is -0.370. The molecule has 4 fully saturated rings. The highest BCUT2D eigenvalue weighted by Crippen LogP contribution is 2.35. The summed E-state index contributed by atoms with van der Waals surface area (Å²) in [5, 5.41) is 101. The number of hydrogen-bond acceptors (Lipinski definition) is 24. The van der Waals surface area contributed by atoms with Crippen molar-refractivity contribution in [3.63, 3.8) is 0 Å². The van der Waals surface area contributed by atoms with Crippen LogP contribution in [0.4, 0.5) is 0 Å². The topological polar surface area (TPSA) is 468 Å². The molecule has 4 heterocycles. The Morgan fingerprint density at radius 3 is 1.33 bits per heavy atom. The van der Waals surface area contributed by atoms with Crippen molar-refractivity contribution >= 4 is 42.2 Å². The zero-order chi connectivity index (χ0) is 45.4. The van der Waals surface area contributed by atoms with Gasteiger partial charge in [0.1, 0.15) is 115 Å². The maximum Gasteiger partial charge on any atom is 0.267 e. The van der Waals surface area contributed by atoms with Crippen LogP contribution in [-0.2, 0) is 73.1 Å². The highest BCUT2D eigenvalue weighted by molar-refractivity contribution is 7.86. The second-order valence-electron chi connectivity index (χ2n) is 14.3. The van der Waals surface area contributed by atoms with Gasteiger partial charge in [-0.3, -0.25) is 23.2 Å². The number of nitrogens with one attached hydrogen (secondary N) is 2. The van der Waals surface area contributed by atoms with E-state index in [0.717, 1.165) is 13.8 Å². The second kappa shape index (κ2) is 19.8. The van der Waals surface area contributed by atoms with Gasteiger partial charge in [-0.25, -0.2) is 0 Å². The Bertz CT molecular complexity index is 1820. The Morgan fingerprint density at radius 1 is 0.483 bits per heavy atom. The number of aliphatic hydroxyl groups excluding tert-OH is 9. The van der Waals surface area contributed by atoms with Crippen molar-refractivity contribution in [1.82, 2.24) is 10.6 Å². The van der Waals surface area contributed by atoms with Gasteiger partial charge in [0, 0.05) is 13.8 Å². The zero-order valence-corrected chi connectivity index (χ0v) is 33.5. The van der Waals surface area contributed by atoms with Gasteiger partial charge in [-0.1, -0.05) is 0 Å². The first-order valence-electron chi connectivity index (χ1n) is 17.5. The fraction of sp³-hybridized carbons (Fsp3) is 0.929. The monoisotopic (exact) mass is 940 g/mol. The second-order valence-corrected chi connectivity index (χ2v) is 18.8. The summed E-state index contributed by atoms with van der Waals surface area (Å²) >= 11 is 0. The molecule has 0 radical (unpaired) electrons. The lowest BCUT2D eigenvalue weighted by Crippen LogP contribution is -2.70. The summed E-state index contributed by atoms with van der Waals surface area (Å²) in [6, 6.07) is -3.81.